The van der Waals surface area contributed by atoms with Gasteiger partial charge in [-0.25, -0.2) is 0 Å². The maximum atomic E-state index is 11.6. The molecule has 0 spiro atoms. The molecular weight excluding hydrogens is 222 g/mol. The first-order valence-electron chi connectivity index (χ1n) is 5.84. The Morgan fingerprint density at radius 1 is 1.53 bits per heavy atom. The molecule has 1 heterocycles. The van der Waals surface area contributed by atoms with Crippen LogP contribution in [0.15, 0.2) is 0 Å². The van der Waals surface area contributed by atoms with Gasteiger partial charge in [0.1, 0.15) is 6.04 Å². The van der Waals surface area contributed by atoms with E-state index in [1.165, 1.54) is 7.05 Å². The first-order valence-corrected chi connectivity index (χ1v) is 5.84. The molecule has 0 aromatic carbocycles. The van der Waals surface area contributed by atoms with Crippen molar-refractivity contribution in [2.45, 2.75) is 37.8 Å². The van der Waals surface area contributed by atoms with E-state index in [0.29, 0.717) is 5.92 Å². The van der Waals surface area contributed by atoms with Crippen LogP contribution in [0.2, 0.25) is 0 Å². The van der Waals surface area contributed by atoms with Crippen molar-refractivity contribution in [3.8, 4) is 0 Å². The van der Waals surface area contributed by atoms with Gasteiger partial charge in [-0.2, -0.15) is 0 Å². The molecule has 2 rings (SSSR count). The maximum absolute atomic E-state index is 11.6. The predicted molar refractivity (Wildman–Crippen MR) is 59.6 cm³/mol. The number of rotatable bonds is 4. The minimum absolute atomic E-state index is 0.0553. The van der Waals surface area contributed by atoms with E-state index in [-0.39, 0.29) is 36.6 Å². The molecule has 3 amide bonds. The zero-order valence-electron chi connectivity index (χ0n) is 9.81. The van der Waals surface area contributed by atoms with Gasteiger partial charge >= 0.3 is 0 Å². The Bertz CT molecular complexity index is 365. The highest BCUT2D eigenvalue weighted by atomic mass is 16.2. The first-order chi connectivity index (χ1) is 7.99. The fourth-order valence-corrected chi connectivity index (χ4v) is 2.03. The minimum atomic E-state index is -0.702. The van der Waals surface area contributed by atoms with Crippen molar-refractivity contribution in [3.63, 3.8) is 0 Å². The lowest BCUT2D eigenvalue weighted by molar-refractivity contribution is -0.138. The van der Waals surface area contributed by atoms with Crippen molar-refractivity contribution in [1.29, 1.82) is 0 Å². The summed E-state index contributed by atoms with van der Waals surface area (Å²) >= 11 is 0. The molecule has 0 aromatic rings. The average molecular weight is 239 g/mol. The molecule has 94 valence electrons. The summed E-state index contributed by atoms with van der Waals surface area (Å²) in [5.41, 5.74) is 5.82. The third kappa shape index (κ3) is 2.63. The largest absolute Gasteiger partial charge is 0.344 e. The van der Waals surface area contributed by atoms with Crippen LogP contribution in [0.3, 0.4) is 0 Å². The minimum Gasteiger partial charge on any atom is -0.344 e. The molecule has 3 N–H and O–H groups in total. The van der Waals surface area contributed by atoms with E-state index < -0.39 is 6.04 Å². The summed E-state index contributed by atoms with van der Waals surface area (Å²) < 4.78 is 0. The van der Waals surface area contributed by atoms with E-state index in [2.05, 4.69) is 5.32 Å². The van der Waals surface area contributed by atoms with E-state index in [0.717, 1.165) is 17.7 Å². The average Bonchev–Trinajstić information content (AvgIpc) is 3.06. The highest BCUT2D eigenvalue weighted by Gasteiger charge is 2.37. The SMILES string of the molecule is CN1C(=O)CC(NC(=O)CC(N)C2CC2)C1=O. The number of nitrogens with one attached hydrogen (secondary N) is 1. The Balaban J connectivity index is 1.82. The van der Waals surface area contributed by atoms with Gasteiger partial charge in [0.2, 0.25) is 11.8 Å². The summed E-state index contributed by atoms with van der Waals surface area (Å²) in [6, 6.07) is -0.827. The summed E-state index contributed by atoms with van der Waals surface area (Å²) in [4.78, 5) is 35.5. The lowest BCUT2D eigenvalue weighted by Crippen LogP contribution is -2.42. The van der Waals surface area contributed by atoms with E-state index in [4.69, 9.17) is 5.73 Å². The molecule has 0 radical (unpaired) electrons. The molecule has 1 saturated carbocycles. The van der Waals surface area contributed by atoms with E-state index in [1.54, 1.807) is 0 Å². The van der Waals surface area contributed by atoms with E-state index >= 15 is 0 Å². The van der Waals surface area contributed by atoms with Gasteiger partial charge in [0.05, 0.1) is 6.42 Å². The van der Waals surface area contributed by atoms with Crippen LogP contribution in [-0.2, 0) is 14.4 Å². The van der Waals surface area contributed by atoms with E-state index in [1.807, 2.05) is 0 Å². The number of nitrogens with two attached hydrogens (primary N) is 1. The molecule has 1 aliphatic carbocycles. The lowest BCUT2D eigenvalue weighted by Gasteiger charge is -2.13. The topological polar surface area (TPSA) is 92.5 Å². The van der Waals surface area contributed by atoms with Crippen LogP contribution in [-0.4, -0.2) is 41.8 Å². The second-order valence-corrected chi connectivity index (χ2v) is 4.82. The third-order valence-corrected chi connectivity index (χ3v) is 3.37. The molecule has 6 heteroatoms. The molecule has 2 fully saturated rings. The number of carbonyl (C=O) groups excluding carboxylic acids is 3. The van der Waals surface area contributed by atoms with Gasteiger partial charge in [-0.1, -0.05) is 0 Å². The highest BCUT2D eigenvalue weighted by molar-refractivity contribution is 6.06. The third-order valence-electron chi connectivity index (χ3n) is 3.37. The van der Waals surface area contributed by atoms with Crippen LogP contribution in [0, 0.1) is 5.92 Å². The zero-order valence-corrected chi connectivity index (χ0v) is 9.81. The number of amides is 3. The van der Waals surface area contributed by atoms with Crippen LogP contribution < -0.4 is 11.1 Å². The van der Waals surface area contributed by atoms with Crippen LogP contribution in [0.4, 0.5) is 0 Å². The Morgan fingerprint density at radius 2 is 2.18 bits per heavy atom. The van der Waals surface area contributed by atoms with Crippen LogP contribution >= 0.6 is 0 Å². The van der Waals surface area contributed by atoms with Crippen molar-refractivity contribution in [2.75, 3.05) is 7.05 Å². The Morgan fingerprint density at radius 3 is 2.65 bits per heavy atom. The normalized spacial score (nSPS) is 26.2. The van der Waals surface area contributed by atoms with Gasteiger partial charge in [-0.3, -0.25) is 19.3 Å². The fraction of sp³-hybridized carbons (Fsp3) is 0.727. The van der Waals surface area contributed by atoms with Gasteiger partial charge in [-0.05, 0) is 18.8 Å². The summed E-state index contributed by atoms with van der Waals surface area (Å²) in [7, 11) is 1.42. The number of carbonyl (C=O) groups is 3. The monoisotopic (exact) mass is 239 g/mol. The molecule has 0 aromatic heterocycles. The lowest BCUT2D eigenvalue weighted by atomic mass is 10.1. The Hall–Kier alpha value is -1.43. The molecule has 17 heavy (non-hydrogen) atoms. The summed E-state index contributed by atoms with van der Waals surface area (Å²) in [5.74, 6) is -0.398. The standard InChI is InChI=1S/C11H17N3O3/c1-14-10(16)5-8(11(14)17)13-9(15)4-7(12)6-2-3-6/h6-8H,2-5,12H2,1H3,(H,13,15). The Labute approximate surface area is 99.5 Å². The molecule has 2 unspecified atom stereocenters. The quantitative estimate of drug-likeness (QED) is 0.615. The molecule has 0 bridgehead atoms. The summed E-state index contributed by atoms with van der Waals surface area (Å²) in [6.45, 7) is 0. The van der Waals surface area contributed by atoms with Crippen molar-refractivity contribution in [1.82, 2.24) is 10.2 Å². The van der Waals surface area contributed by atoms with Crippen molar-refractivity contribution >= 4 is 17.7 Å². The van der Waals surface area contributed by atoms with Gasteiger partial charge in [0, 0.05) is 19.5 Å². The van der Waals surface area contributed by atoms with E-state index in [9.17, 15) is 14.4 Å². The highest BCUT2D eigenvalue weighted by Crippen LogP contribution is 2.32. The zero-order chi connectivity index (χ0) is 12.6. The van der Waals surface area contributed by atoms with Crippen LogP contribution in [0.25, 0.3) is 0 Å². The number of hydrogen-bond acceptors (Lipinski definition) is 4. The maximum Gasteiger partial charge on any atom is 0.252 e. The predicted octanol–water partition coefficient (Wildman–Crippen LogP) is -1.01. The van der Waals surface area contributed by atoms with Crippen LogP contribution in [0.5, 0.6) is 0 Å². The van der Waals surface area contributed by atoms with Gasteiger partial charge in [0.25, 0.3) is 5.91 Å². The molecule has 1 saturated heterocycles. The summed E-state index contributed by atoms with van der Waals surface area (Å²) in [5, 5.41) is 2.57. The molecule has 2 atom stereocenters. The van der Waals surface area contributed by atoms with Crippen molar-refractivity contribution in [3.05, 3.63) is 0 Å². The second kappa shape index (κ2) is 4.44. The summed E-state index contributed by atoms with van der Waals surface area (Å²) in [6.07, 6.45) is 2.45. The number of hydrogen-bond donors (Lipinski definition) is 2. The number of imide groups is 1. The van der Waals surface area contributed by atoms with Gasteiger partial charge in [0.15, 0.2) is 0 Å². The second-order valence-electron chi connectivity index (χ2n) is 4.82. The number of nitrogens with zero attached hydrogens (tertiary/aromatic N) is 1. The van der Waals surface area contributed by atoms with Gasteiger partial charge < -0.3 is 11.1 Å². The van der Waals surface area contributed by atoms with Crippen molar-refractivity contribution < 1.29 is 14.4 Å². The van der Waals surface area contributed by atoms with Crippen molar-refractivity contribution in [2.24, 2.45) is 11.7 Å². The molecule has 1 aliphatic heterocycles. The van der Waals surface area contributed by atoms with Crippen LogP contribution in [0.1, 0.15) is 25.7 Å². The molecule has 6 nitrogen and oxygen atoms in total. The molecular formula is C11H17N3O3. The van der Waals surface area contributed by atoms with Gasteiger partial charge in [-0.15, -0.1) is 0 Å². The smallest absolute Gasteiger partial charge is 0.252 e. The number of likely N-dealkylation sites (N-methyl/N-ethyl adjacent to an activating group) is 1. The Kier molecular flexibility index (Phi) is 3.15. The fourth-order valence-electron chi connectivity index (χ4n) is 2.03. The first kappa shape index (κ1) is 12.0. The molecule has 2 aliphatic rings. The number of likely N-dealkylation sites (tertiary alicyclic amines) is 1.